The van der Waals surface area contributed by atoms with Crippen LogP contribution in [0.25, 0.3) is 0 Å². The third-order valence-corrected chi connectivity index (χ3v) is 4.56. The summed E-state index contributed by atoms with van der Waals surface area (Å²) in [6.07, 6.45) is 5.59. The molecule has 2 N–H and O–H groups in total. The average Bonchev–Trinajstić information content (AvgIpc) is 3.16. The number of fused-ring (bicyclic) bond motifs is 1. The highest BCUT2D eigenvalue weighted by atomic mass is 16.5. The molecule has 1 aliphatic carbocycles. The number of para-hydroxylation sites is 2. The molecule has 0 spiro atoms. The lowest BCUT2D eigenvalue weighted by atomic mass is 10.0. The van der Waals surface area contributed by atoms with Gasteiger partial charge in [-0.15, -0.1) is 0 Å². The van der Waals surface area contributed by atoms with Gasteiger partial charge in [0, 0.05) is 11.8 Å². The summed E-state index contributed by atoms with van der Waals surface area (Å²) in [4.78, 5) is 24.6. The molecule has 0 saturated carbocycles. The van der Waals surface area contributed by atoms with E-state index in [1.807, 2.05) is 48.5 Å². The number of hydrogen-bond donors (Lipinski definition) is 2. The van der Waals surface area contributed by atoms with Crippen molar-refractivity contribution >= 4 is 17.4 Å². The van der Waals surface area contributed by atoms with Gasteiger partial charge in [-0.3, -0.25) is 9.59 Å². The smallest absolute Gasteiger partial charge is 0.262 e. The second-order valence-corrected chi connectivity index (χ2v) is 6.60. The van der Waals surface area contributed by atoms with Crippen LogP contribution in [0.1, 0.15) is 12.5 Å². The Balaban J connectivity index is 1.34. The van der Waals surface area contributed by atoms with E-state index in [1.54, 1.807) is 12.2 Å². The van der Waals surface area contributed by atoms with Crippen molar-refractivity contribution in [3.63, 3.8) is 0 Å². The van der Waals surface area contributed by atoms with Crippen LogP contribution in [0.15, 0.2) is 83.9 Å². The van der Waals surface area contributed by atoms with Gasteiger partial charge < -0.3 is 20.1 Å². The maximum absolute atomic E-state index is 12.5. The van der Waals surface area contributed by atoms with E-state index >= 15 is 0 Å². The van der Waals surface area contributed by atoms with Gasteiger partial charge in [0.05, 0.1) is 11.3 Å². The molecule has 2 aromatic rings. The van der Waals surface area contributed by atoms with E-state index in [4.69, 9.17) is 9.47 Å². The molecule has 6 heteroatoms. The summed E-state index contributed by atoms with van der Waals surface area (Å²) in [6, 6.07) is 15.0. The largest absolute Gasteiger partial charge is 0.484 e. The normalized spacial score (nSPS) is 17.1. The summed E-state index contributed by atoms with van der Waals surface area (Å²) >= 11 is 0. The van der Waals surface area contributed by atoms with Crippen LogP contribution in [0.2, 0.25) is 0 Å². The zero-order valence-corrected chi connectivity index (χ0v) is 15.9. The van der Waals surface area contributed by atoms with E-state index in [1.165, 1.54) is 11.6 Å². The third-order valence-electron chi connectivity index (χ3n) is 4.56. The lowest BCUT2D eigenvalue weighted by Gasteiger charge is -2.12. The third kappa shape index (κ3) is 4.21. The summed E-state index contributed by atoms with van der Waals surface area (Å²) in [5.41, 5.74) is 2.81. The van der Waals surface area contributed by atoms with Crippen LogP contribution in [0.5, 0.6) is 11.5 Å². The fraction of sp³-hybridized carbons (Fsp3) is 0.130. The van der Waals surface area contributed by atoms with Crippen LogP contribution in [-0.4, -0.2) is 18.3 Å². The summed E-state index contributed by atoms with van der Waals surface area (Å²) in [5, 5.41) is 5.76. The molecule has 0 aromatic heterocycles. The van der Waals surface area contributed by atoms with Crippen LogP contribution < -0.4 is 20.1 Å². The van der Waals surface area contributed by atoms with E-state index in [-0.39, 0.29) is 18.3 Å². The molecule has 1 heterocycles. The number of aryl methyl sites for hydroxylation is 1. The maximum atomic E-state index is 12.5. The first kappa shape index (κ1) is 18.6. The molecule has 29 heavy (non-hydrogen) atoms. The van der Waals surface area contributed by atoms with Crippen molar-refractivity contribution in [2.45, 2.75) is 13.3 Å². The van der Waals surface area contributed by atoms with Gasteiger partial charge in [-0.2, -0.15) is 0 Å². The number of amides is 1. The second-order valence-electron chi connectivity index (χ2n) is 6.60. The first-order valence-corrected chi connectivity index (χ1v) is 9.36. The minimum atomic E-state index is -0.341. The quantitative estimate of drug-likeness (QED) is 0.767. The molecular weight excluding hydrogens is 368 g/mol. The molecular formula is C23H20N2O4. The maximum Gasteiger partial charge on any atom is 0.262 e. The number of carbonyl (C=O) groups excluding carboxylic acids is 2. The number of ether oxygens (including phenoxy) is 2. The van der Waals surface area contributed by atoms with Crippen LogP contribution >= 0.6 is 0 Å². The molecule has 6 nitrogen and oxygen atoms in total. The van der Waals surface area contributed by atoms with Gasteiger partial charge in [-0.1, -0.05) is 31.2 Å². The van der Waals surface area contributed by atoms with Crippen molar-refractivity contribution in [2.75, 3.05) is 11.9 Å². The number of hydrogen-bond acceptors (Lipinski definition) is 5. The van der Waals surface area contributed by atoms with Crippen molar-refractivity contribution < 1.29 is 19.1 Å². The predicted molar refractivity (Wildman–Crippen MR) is 109 cm³/mol. The molecule has 146 valence electrons. The topological polar surface area (TPSA) is 76.7 Å². The average molecular weight is 388 g/mol. The Bertz CT molecular complexity index is 1020. The Morgan fingerprint density at radius 2 is 1.90 bits per heavy atom. The van der Waals surface area contributed by atoms with E-state index in [2.05, 4.69) is 17.6 Å². The van der Waals surface area contributed by atoms with Gasteiger partial charge in [0.15, 0.2) is 18.1 Å². The van der Waals surface area contributed by atoms with Gasteiger partial charge >= 0.3 is 0 Å². The van der Waals surface area contributed by atoms with Crippen molar-refractivity contribution in [3.8, 4) is 11.5 Å². The molecule has 0 bridgehead atoms. The monoisotopic (exact) mass is 388 g/mol. The SMILES string of the molecule is CCc1ccc(OCC(=O)NC2=CC(=O)C(=C3Nc4ccccc4O3)C=C2)cc1. The highest BCUT2D eigenvalue weighted by Gasteiger charge is 2.23. The van der Waals surface area contributed by atoms with Crippen molar-refractivity contribution in [1.82, 2.24) is 5.32 Å². The lowest BCUT2D eigenvalue weighted by molar-refractivity contribution is -0.122. The summed E-state index contributed by atoms with van der Waals surface area (Å²) < 4.78 is 11.2. The number of nitrogens with one attached hydrogen (secondary N) is 2. The zero-order valence-electron chi connectivity index (χ0n) is 15.9. The molecule has 4 rings (SSSR count). The van der Waals surface area contributed by atoms with Crippen molar-refractivity contribution in [3.05, 3.63) is 89.5 Å². The second kappa shape index (κ2) is 8.06. The Kier molecular flexibility index (Phi) is 5.16. The Labute approximate surface area is 168 Å². The number of ketones is 1. The highest BCUT2D eigenvalue weighted by Crippen LogP contribution is 2.34. The van der Waals surface area contributed by atoms with E-state index in [9.17, 15) is 9.59 Å². The molecule has 0 saturated heterocycles. The van der Waals surface area contributed by atoms with Crippen molar-refractivity contribution in [1.29, 1.82) is 0 Å². The fourth-order valence-electron chi connectivity index (χ4n) is 2.99. The van der Waals surface area contributed by atoms with Gasteiger partial charge in [0.1, 0.15) is 5.75 Å². The molecule has 0 atom stereocenters. The van der Waals surface area contributed by atoms with Gasteiger partial charge in [0.2, 0.25) is 5.88 Å². The predicted octanol–water partition coefficient (Wildman–Crippen LogP) is 3.48. The molecule has 0 unspecified atom stereocenters. The Morgan fingerprint density at radius 1 is 1.10 bits per heavy atom. The first-order chi connectivity index (χ1) is 14.1. The van der Waals surface area contributed by atoms with Crippen LogP contribution in [0.3, 0.4) is 0 Å². The molecule has 0 radical (unpaired) electrons. The molecule has 2 aliphatic rings. The lowest BCUT2D eigenvalue weighted by Crippen LogP contribution is -2.29. The Morgan fingerprint density at radius 3 is 2.62 bits per heavy atom. The van der Waals surface area contributed by atoms with Gasteiger partial charge in [-0.05, 0) is 48.4 Å². The van der Waals surface area contributed by atoms with Crippen LogP contribution in [0, 0.1) is 0 Å². The minimum Gasteiger partial charge on any atom is -0.484 e. The molecule has 1 amide bonds. The van der Waals surface area contributed by atoms with E-state index < -0.39 is 0 Å². The number of carbonyl (C=O) groups is 2. The first-order valence-electron chi connectivity index (χ1n) is 9.36. The zero-order chi connectivity index (χ0) is 20.2. The van der Waals surface area contributed by atoms with Crippen molar-refractivity contribution in [2.24, 2.45) is 0 Å². The van der Waals surface area contributed by atoms with Crippen LogP contribution in [0.4, 0.5) is 5.69 Å². The number of allylic oxidation sites excluding steroid dienone is 4. The highest BCUT2D eigenvalue weighted by molar-refractivity contribution is 6.09. The summed E-state index contributed by atoms with van der Waals surface area (Å²) in [6.45, 7) is 1.93. The Hall–Kier alpha value is -3.80. The van der Waals surface area contributed by atoms with E-state index in [0.29, 0.717) is 28.7 Å². The number of anilines is 1. The molecule has 2 aromatic carbocycles. The van der Waals surface area contributed by atoms with Crippen LogP contribution in [-0.2, 0) is 16.0 Å². The summed E-state index contributed by atoms with van der Waals surface area (Å²) in [7, 11) is 0. The van der Waals surface area contributed by atoms with E-state index in [0.717, 1.165) is 12.1 Å². The minimum absolute atomic E-state index is 0.140. The molecule has 1 aliphatic heterocycles. The molecule has 0 fully saturated rings. The number of benzene rings is 2. The standard InChI is InChI=1S/C23H20N2O4/c1-2-15-7-10-17(11-8-15)28-14-22(27)24-16-9-12-18(20(26)13-16)23-25-19-5-3-4-6-21(19)29-23/h3-13,25H,2,14H2,1H3,(H,24,27). The number of rotatable bonds is 5. The summed E-state index contributed by atoms with van der Waals surface area (Å²) in [5.74, 6) is 1.08. The van der Waals surface area contributed by atoms with Gasteiger partial charge in [-0.25, -0.2) is 0 Å². The van der Waals surface area contributed by atoms with Gasteiger partial charge in [0.25, 0.3) is 5.91 Å². The fourth-order valence-corrected chi connectivity index (χ4v) is 2.99.